The Morgan fingerprint density at radius 2 is 1.61 bits per heavy atom. The molecule has 3 aromatic rings. The molecule has 0 fully saturated rings. The summed E-state index contributed by atoms with van der Waals surface area (Å²) >= 11 is 0. The lowest BCUT2D eigenvalue weighted by atomic mass is 10.0. The minimum atomic E-state index is -3.96. The first-order chi connectivity index (χ1) is 15.0. The molecule has 162 valence electrons. The van der Waals surface area contributed by atoms with Gasteiger partial charge in [0.25, 0.3) is 10.0 Å². The summed E-state index contributed by atoms with van der Waals surface area (Å²) in [5.41, 5.74) is 1.32. The van der Waals surface area contributed by atoms with Crippen LogP contribution in [0.5, 0.6) is 5.75 Å². The number of sulfonamides is 1. The molecular formula is C24H26N2O4S. The SMILES string of the molecule is CC[C@@H](NC(=O)CN(c1cccc(OC)c1)S(=O)(=O)c1ccccc1)c1ccccc1. The molecule has 0 aliphatic heterocycles. The molecule has 0 bridgehead atoms. The van der Waals surface area contributed by atoms with Gasteiger partial charge in [0.15, 0.2) is 0 Å². The van der Waals surface area contributed by atoms with E-state index in [9.17, 15) is 13.2 Å². The predicted molar refractivity (Wildman–Crippen MR) is 122 cm³/mol. The van der Waals surface area contributed by atoms with Gasteiger partial charge in [0.2, 0.25) is 5.91 Å². The van der Waals surface area contributed by atoms with Crippen molar-refractivity contribution in [2.24, 2.45) is 0 Å². The third-order valence-electron chi connectivity index (χ3n) is 4.91. The highest BCUT2D eigenvalue weighted by Crippen LogP contribution is 2.27. The molecule has 3 aromatic carbocycles. The van der Waals surface area contributed by atoms with Crippen LogP contribution in [-0.4, -0.2) is 28.0 Å². The number of hydrogen-bond donors (Lipinski definition) is 1. The molecule has 0 saturated carbocycles. The van der Waals surface area contributed by atoms with E-state index in [1.807, 2.05) is 37.3 Å². The summed E-state index contributed by atoms with van der Waals surface area (Å²) in [5, 5.41) is 2.96. The number of amides is 1. The van der Waals surface area contributed by atoms with E-state index in [4.69, 9.17) is 4.74 Å². The van der Waals surface area contributed by atoms with Crippen LogP contribution in [0.25, 0.3) is 0 Å². The van der Waals surface area contributed by atoms with Gasteiger partial charge in [0.05, 0.1) is 23.7 Å². The number of carbonyl (C=O) groups is 1. The fourth-order valence-corrected chi connectivity index (χ4v) is 4.71. The second kappa shape index (κ2) is 10.1. The number of rotatable bonds is 9. The fourth-order valence-electron chi connectivity index (χ4n) is 3.28. The first kappa shape index (κ1) is 22.4. The van der Waals surface area contributed by atoms with Crippen LogP contribution in [0, 0.1) is 0 Å². The van der Waals surface area contributed by atoms with Gasteiger partial charge >= 0.3 is 0 Å². The lowest BCUT2D eigenvalue weighted by Crippen LogP contribution is -2.42. The summed E-state index contributed by atoms with van der Waals surface area (Å²) in [6.45, 7) is 1.62. The Labute approximate surface area is 183 Å². The molecule has 0 spiro atoms. The second-order valence-electron chi connectivity index (χ2n) is 6.97. The Bertz CT molecular complexity index is 1100. The molecule has 0 unspecified atom stereocenters. The van der Waals surface area contributed by atoms with Crippen molar-refractivity contribution in [3.63, 3.8) is 0 Å². The average Bonchev–Trinajstić information content (AvgIpc) is 2.82. The van der Waals surface area contributed by atoms with Gasteiger partial charge in [-0.25, -0.2) is 8.42 Å². The van der Waals surface area contributed by atoms with E-state index in [0.29, 0.717) is 17.9 Å². The van der Waals surface area contributed by atoms with Crippen LogP contribution >= 0.6 is 0 Å². The van der Waals surface area contributed by atoms with E-state index < -0.39 is 15.9 Å². The Morgan fingerprint density at radius 3 is 2.23 bits per heavy atom. The number of nitrogens with zero attached hydrogens (tertiary/aromatic N) is 1. The summed E-state index contributed by atoms with van der Waals surface area (Å²) in [5.74, 6) is 0.111. The minimum absolute atomic E-state index is 0.112. The number of anilines is 1. The fraction of sp³-hybridized carbons (Fsp3) is 0.208. The van der Waals surface area contributed by atoms with E-state index in [-0.39, 0.29) is 17.5 Å². The van der Waals surface area contributed by atoms with Crippen molar-refractivity contribution < 1.29 is 17.9 Å². The molecule has 7 heteroatoms. The van der Waals surface area contributed by atoms with Gasteiger partial charge in [0, 0.05) is 6.07 Å². The van der Waals surface area contributed by atoms with Crippen LogP contribution in [0.1, 0.15) is 24.9 Å². The summed E-state index contributed by atoms with van der Waals surface area (Å²) in [6, 6.07) is 24.1. The van der Waals surface area contributed by atoms with E-state index >= 15 is 0 Å². The molecule has 0 saturated heterocycles. The van der Waals surface area contributed by atoms with Gasteiger partial charge in [-0.3, -0.25) is 9.10 Å². The Hall–Kier alpha value is -3.32. The molecule has 31 heavy (non-hydrogen) atoms. The molecule has 1 N–H and O–H groups in total. The van der Waals surface area contributed by atoms with Gasteiger partial charge in [0.1, 0.15) is 12.3 Å². The van der Waals surface area contributed by atoms with Crippen molar-refractivity contribution in [2.45, 2.75) is 24.3 Å². The maximum atomic E-state index is 13.4. The van der Waals surface area contributed by atoms with Gasteiger partial charge in [-0.15, -0.1) is 0 Å². The van der Waals surface area contributed by atoms with Crippen LogP contribution in [0.4, 0.5) is 5.69 Å². The monoisotopic (exact) mass is 438 g/mol. The molecule has 1 atom stereocenters. The van der Waals surface area contributed by atoms with Crippen LogP contribution in [0.2, 0.25) is 0 Å². The van der Waals surface area contributed by atoms with Crippen LogP contribution in [0.3, 0.4) is 0 Å². The smallest absolute Gasteiger partial charge is 0.264 e. The van der Waals surface area contributed by atoms with Crippen LogP contribution in [0.15, 0.2) is 89.8 Å². The van der Waals surface area contributed by atoms with E-state index in [1.165, 1.54) is 19.2 Å². The number of nitrogens with one attached hydrogen (secondary N) is 1. The first-order valence-corrected chi connectivity index (χ1v) is 11.5. The molecular weight excluding hydrogens is 412 g/mol. The number of hydrogen-bond acceptors (Lipinski definition) is 4. The quantitative estimate of drug-likeness (QED) is 0.544. The summed E-state index contributed by atoms with van der Waals surface area (Å²) in [4.78, 5) is 13.1. The highest BCUT2D eigenvalue weighted by molar-refractivity contribution is 7.92. The Kier molecular flexibility index (Phi) is 7.31. The number of benzene rings is 3. The first-order valence-electron chi connectivity index (χ1n) is 10.0. The van der Waals surface area contributed by atoms with Crippen molar-refractivity contribution in [1.29, 1.82) is 0 Å². The topological polar surface area (TPSA) is 75.7 Å². The Balaban J connectivity index is 1.92. The zero-order valence-corrected chi connectivity index (χ0v) is 18.4. The molecule has 1 amide bonds. The predicted octanol–water partition coefficient (Wildman–Crippen LogP) is 4.16. The van der Waals surface area contributed by atoms with E-state index in [0.717, 1.165) is 9.87 Å². The lowest BCUT2D eigenvalue weighted by molar-refractivity contribution is -0.120. The third kappa shape index (κ3) is 5.44. The van der Waals surface area contributed by atoms with Crippen LogP contribution in [-0.2, 0) is 14.8 Å². The molecule has 0 aromatic heterocycles. The van der Waals surface area contributed by atoms with Crippen molar-refractivity contribution >= 4 is 21.6 Å². The van der Waals surface area contributed by atoms with Crippen molar-refractivity contribution in [1.82, 2.24) is 5.32 Å². The largest absolute Gasteiger partial charge is 0.497 e. The van der Waals surface area contributed by atoms with Crippen molar-refractivity contribution in [2.75, 3.05) is 18.0 Å². The van der Waals surface area contributed by atoms with Gasteiger partial charge < -0.3 is 10.1 Å². The van der Waals surface area contributed by atoms with Crippen molar-refractivity contribution in [3.05, 3.63) is 90.5 Å². The summed E-state index contributed by atoms with van der Waals surface area (Å²) in [7, 11) is -2.46. The third-order valence-corrected chi connectivity index (χ3v) is 6.69. The summed E-state index contributed by atoms with van der Waals surface area (Å²) in [6.07, 6.45) is 0.681. The number of ether oxygens (including phenoxy) is 1. The second-order valence-corrected chi connectivity index (χ2v) is 8.83. The maximum absolute atomic E-state index is 13.4. The zero-order valence-electron chi connectivity index (χ0n) is 17.6. The highest BCUT2D eigenvalue weighted by atomic mass is 32.2. The van der Waals surface area contributed by atoms with Crippen molar-refractivity contribution in [3.8, 4) is 5.75 Å². The molecule has 0 radical (unpaired) electrons. The zero-order chi connectivity index (χ0) is 22.3. The van der Waals surface area contributed by atoms with Gasteiger partial charge in [-0.05, 0) is 36.2 Å². The highest BCUT2D eigenvalue weighted by Gasteiger charge is 2.28. The van der Waals surface area contributed by atoms with E-state index in [2.05, 4.69) is 5.32 Å². The van der Waals surface area contributed by atoms with Crippen LogP contribution < -0.4 is 14.4 Å². The average molecular weight is 439 g/mol. The normalized spacial score (nSPS) is 12.1. The molecule has 3 rings (SSSR count). The maximum Gasteiger partial charge on any atom is 0.264 e. The molecule has 6 nitrogen and oxygen atoms in total. The number of methoxy groups -OCH3 is 1. The van der Waals surface area contributed by atoms with E-state index in [1.54, 1.807) is 42.5 Å². The molecule has 0 aliphatic carbocycles. The summed E-state index contributed by atoms with van der Waals surface area (Å²) < 4.78 is 33.2. The molecule has 0 heterocycles. The van der Waals surface area contributed by atoms with Gasteiger partial charge in [-0.1, -0.05) is 61.5 Å². The minimum Gasteiger partial charge on any atom is -0.497 e. The van der Waals surface area contributed by atoms with Gasteiger partial charge in [-0.2, -0.15) is 0 Å². The number of carbonyl (C=O) groups excluding carboxylic acids is 1. The lowest BCUT2D eigenvalue weighted by Gasteiger charge is -2.26. The Morgan fingerprint density at radius 1 is 0.968 bits per heavy atom. The molecule has 0 aliphatic rings. The standard InChI is InChI=1S/C24H26N2O4S/c1-3-23(19-11-6-4-7-12-19)25-24(27)18-26(20-13-10-14-21(17-20)30-2)31(28,29)22-15-8-5-9-16-22/h4-17,23H,3,18H2,1-2H3,(H,25,27)/t23-/m1/s1.